The van der Waals surface area contributed by atoms with Crippen molar-refractivity contribution in [1.82, 2.24) is 25.2 Å². The molecule has 236 valence electrons. The zero-order chi connectivity index (χ0) is 30.7. The highest BCUT2D eigenvalue weighted by molar-refractivity contribution is 6.32. The number of ether oxygens (including phenoxy) is 2. The summed E-state index contributed by atoms with van der Waals surface area (Å²) in [4.78, 5) is 26.0. The molecule has 0 radical (unpaired) electrons. The van der Waals surface area contributed by atoms with E-state index >= 15 is 4.39 Å². The third-order valence-electron chi connectivity index (χ3n) is 8.93. The molecule has 44 heavy (non-hydrogen) atoms. The smallest absolute Gasteiger partial charge is 0.297 e. The van der Waals surface area contributed by atoms with Crippen LogP contribution in [0.15, 0.2) is 29.2 Å². The average molecular weight is 630 g/mol. The third-order valence-corrected chi connectivity index (χ3v) is 9.25. The SMILES string of the molecule is O=c1[nH]c(OC[C@@]23CCCN2C[C@H](F)C3)nc2c(F)c(-c3cc(O)cc(Cl)c3/C=C/CCCOC3CCCCNC3)ncc12. The van der Waals surface area contributed by atoms with Crippen molar-refractivity contribution >= 4 is 28.6 Å². The van der Waals surface area contributed by atoms with Gasteiger partial charge in [-0.1, -0.05) is 23.8 Å². The van der Waals surface area contributed by atoms with Gasteiger partial charge in [-0.25, -0.2) is 8.78 Å². The number of benzene rings is 1. The van der Waals surface area contributed by atoms with E-state index in [0.29, 0.717) is 31.6 Å². The van der Waals surface area contributed by atoms with Gasteiger partial charge >= 0.3 is 0 Å². The summed E-state index contributed by atoms with van der Waals surface area (Å²) < 4.78 is 42.2. The number of H-pyrrole nitrogens is 1. The van der Waals surface area contributed by atoms with E-state index < -0.39 is 23.1 Å². The van der Waals surface area contributed by atoms with Crippen molar-refractivity contribution in [3.8, 4) is 23.0 Å². The van der Waals surface area contributed by atoms with Gasteiger partial charge in [0.05, 0.1) is 22.1 Å². The zero-order valence-electron chi connectivity index (χ0n) is 24.6. The molecule has 1 aromatic carbocycles. The Morgan fingerprint density at radius 2 is 2.16 bits per heavy atom. The molecule has 0 amide bonds. The number of phenols is 1. The molecule has 3 atom stereocenters. The van der Waals surface area contributed by atoms with E-state index in [4.69, 9.17) is 21.1 Å². The molecule has 2 aromatic heterocycles. The van der Waals surface area contributed by atoms with E-state index in [9.17, 15) is 14.3 Å². The number of aromatic hydroxyl groups is 1. The van der Waals surface area contributed by atoms with Crippen LogP contribution in [-0.4, -0.2) is 82.2 Å². The van der Waals surface area contributed by atoms with Gasteiger partial charge in [-0.15, -0.1) is 0 Å². The number of halogens is 3. The first-order valence-electron chi connectivity index (χ1n) is 15.5. The average Bonchev–Trinajstić information content (AvgIpc) is 3.38. The number of fused-ring (bicyclic) bond motifs is 2. The fourth-order valence-corrected chi connectivity index (χ4v) is 6.98. The van der Waals surface area contributed by atoms with Gasteiger partial charge in [0.1, 0.15) is 29.7 Å². The van der Waals surface area contributed by atoms with Gasteiger partial charge in [0, 0.05) is 43.4 Å². The third kappa shape index (κ3) is 6.61. The highest BCUT2D eigenvalue weighted by atomic mass is 35.5. The molecule has 6 rings (SSSR count). The largest absolute Gasteiger partial charge is 0.508 e. The minimum Gasteiger partial charge on any atom is -0.508 e. The number of aromatic nitrogens is 3. The van der Waals surface area contributed by atoms with Crippen molar-refractivity contribution in [2.75, 3.05) is 39.4 Å². The van der Waals surface area contributed by atoms with Gasteiger partial charge in [-0.05, 0) is 70.2 Å². The van der Waals surface area contributed by atoms with Gasteiger partial charge in [0.2, 0.25) is 0 Å². The van der Waals surface area contributed by atoms with Crippen molar-refractivity contribution in [3.63, 3.8) is 0 Å². The number of phenolic OH excluding ortho intramolecular Hbond substituents is 1. The number of pyridine rings is 1. The first-order chi connectivity index (χ1) is 21.3. The Kier molecular flexibility index (Phi) is 9.46. The lowest BCUT2D eigenvalue weighted by Crippen LogP contribution is -2.43. The van der Waals surface area contributed by atoms with Crippen LogP contribution in [0.25, 0.3) is 28.2 Å². The summed E-state index contributed by atoms with van der Waals surface area (Å²) >= 11 is 6.51. The lowest BCUT2D eigenvalue weighted by molar-refractivity contribution is 0.0497. The Hall–Kier alpha value is -3.12. The number of alkyl halides is 1. The number of nitrogens with zero attached hydrogens (tertiary/aromatic N) is 3. The summed E-state index contributed by atoms with van der Waals surface area (Å²) in [7, 11) is 0. The Bertz CT molecular complexity index is 1580. The molecule has 0 bridgehead atoms. The van der Waals surface area contributed by atoms with E-state index in [-0.39, 0.29) is 51.7 Å². The molecule has 3 aromatic rings. The van der Waals surface area contributed by atoms with Crippen molar-refractivity contribution < 1.29 is 23.4 Å². The van der Waals surface area contributed by atoms with E-state index in [1.54, 1.807) is 6.08 Å². The first kappa shape index (κ1) is 30.9. The Labute approximate surface area is 259 Å². The highest BCUT2D eigenvalue weighted by Crippen LogP contribution is 2.40. The molecule has 0 spiro atoms. The number of rotatable bonds is 10. The van der Waals surface area contributed by atoms with Gasteiger partial charge in [0.25, 0.3) is 11.6 Å². The van der Waals surface area contributed by atoms with Crippen LogP contribution in [0.4, 0.5) is 8.78 Å². The number of allylic oxidation sites excluding steroid dienone is 1. The van der Waals surface area contributed by atoms with E-state index in [1.807, 2.05) is 6.08 Å². The van der Waals surface area contributed by atoms with Crippen LogP contribution in [0.2, 0.25) is 5.02 Å². The minimum absolute atomic E-state index is 0.0452. The van der Waals surface area contributed by atoms with Crippen molar-refractivity contribution in [2.45, 2.75) is 69.2 Å². The van der Waals surface area contributed by atoms with Gasteiger partial charge in [-0.3, -0.25) is 19.7 Å². The normalized spacial score (nSPS) is 24.2. The topological polar surface area (TPSA) is 113 Å². The molecule has 3 fully saturated rings. The predicted octanol–water partition coefficient (Wildman–Crippen LogP) is 5.39. The summed E-state index contributed by atoms with van der Waals surface area (Å²) in [5.74, 6) is -0.995. The highest BCUT2D eigenvalue weighted by Gasteiger charge is 2.49. The number of aromatic amines is 1. The van der Waals surface area contributed by atoms with Crippen molar-refractivity contribution in [2.24, 2.45) is 0 Å². The van der Waals surface area contributed by atoms with Crippen LogP contribution in [0.1, 0.15) is 56.9 Å². The molecule has 12 heteroatoms. The number of unbranched alkanes of at least 4 members (excludes halogenated alkanes) is 1. The zero-order valence-corrected chi connectivity index (χ0v) is 25.3. The van der Waals surface area contributed by atoms with Crippen molar-refractivity contribution in [1.29, 1.82) is 0 Å². The summed E-state index contributed by atoms with van der Waals surface area (Å²) in [5.41, 5.74) is -0.644. The van der Waals surface area contributed by atoms with E-state index in [0.717, 1.165) is 51.7 Å². The maximum atomic E-state index is 16.1. The second kappa shape index (κ2) is 13.5. The lowest BCUT2D eigenvalue weighted by Gasteiger charge is -2.30. The van der Waals surface area contributed by atoms with E-state index in [1.165, 1.54) is 24.8 Å². The second-order valence-corrected chi connectivity index (χ2v) is 12.5. The summed E-state index contributed by atoms with van der Waals surface area (Å²) in [6.45, 7) is 3.84. The maximum absolute atomic E-state index is 16.1. The fourth-order valence-electron chi connectivity index (χ4n) is 6.70. The molecule has 3 aliphatic heterocycles. The molecule has 1 unspecified atom stereocenters. The second-order valence-electron chi connectivity index (χ2n) is 12.0. The van der Waals surface area contributed by atoms with Crippen LogP contribution >= 0.6 is 11.6 Å². The molecular weight excluding hydrogens is 592 g/mol. The maximum Gasteiger partial charge on any atom is 0.297 e. The van der Waals surface area contributed by atoms with Crippen LogP contribution in [-0.2, 0) is 4.74 Å². The molecule has 5 heterocycles. The lowest BCUT2D eigenvalue weighted by atomic mass is 9.95. The molecule has 0 saturated carbocycles. The standard InChI is InChI=1S/C32H38ClF2N5O4/c33-26-14-21(41)13-24(23(26)8-2-1-5-12-43-22-7-3-4-10-36-16-22)28-27(35)29-25(17-37-28)30(42)39-31(38-29)44-19-32-9-6-11-40(32)18-20(34)15-32/h2,8,13-14,17,20,22,36,41H,1,3-7,9-12,15-16,18-19H2,(H,38,39,42)/b8-2+/t20-,22?,32+/m1/s1. The Balaban J connectivity index is 1.21. The number of hydrogen-bond acceptors (Lipinski definition) is 8. The monoisotopic (exact) mass is 629 g/mol. The molecule has 3 aliphatic rings. The summed E-state index contributed by atoms with van der Waals surface area (Å²) in [6.07, 6.45) is 11.3. The molecule has 0 aliphatic carbocycles. The summed E-state index contributed by atoms with van der Waals surface area (Å²) in [6, 6.07) is 2.63. The molecule has 3 saturated heterocycles. The van der Waals surface area contributed by atoms with Crippen molar-refractivity contribution in [3.05, 3.63) is 51.2 Å². The molecular formula is C32H38ClF2N5O4. The number of nitrogens with one attached hydrogen (secondary N) is 2. The van der Waals surface area contributed by atoms with Crippen LogP contribution in [0.5, 0.6) is 11.8 Å². The van der Waals surface area contributed by atoms with Gasteiger partial charge in [-0.2, -0.15) is 4.98 Å². The van der Waals surface area contributed by atoms with Crippen LogP contribution in [0.3, 0.4) is 0 Å². The molecule has 9 nitrogen and oxygen atoms in total. The van der Waals surface area contributed by atoms with Gasteiger partial charge < -0.3 is 19.9 Å². The quantitative estimate of drug-likeness (QED) is 0.256. The fraction of sp³-hybridized carbons (Fsp3) is 0.531. The van der Waals surface area contributed by atoms with Crippen LogP contribution in [0, 0.1) is 5.82 Å². The number of hydrogen-bond donors (Lipinski definition) is 3. The van der Waals surface area contributed by atoms with Crippen LogP contribution < -0.4 is 15.6 Å². The van der Waals surface area contributed by atoms with E-state index in [2.05, 4.69) is 25.2 Å². The summed E-state index contributed by atoms with van der Waals surface area (Å²) in [5, 5.41) is 13.9. The first-order valence-corrected chi connectivity index (χ1v) is 15.8. The van der Waals surface area contributed by atoms with Gasteiger partial charge in [0.15, 0.2) is 5.82 Å². The Morgan fingerprint density at radius 1 is 1.27 bits per heavy atom. The minimum atomic E-state index is -0.928. The predicted molar refractivity (Wildman–Crippen MR) is 166 cm³/mol. The molecule has 3 N–H and O–H groups in total. The Morgan fingerprint density at radius 3 is 3.05 bits per heavy atom.